The van der Waals surface area contributed by atoms with Crippen molar-refractivity contribution in [3.05, 3.63) is 58.1 Å². The quantitative estimate of drug-likeness (QED) is 0.618. The molecule has 5 rings (SSSR count). The first-order valence-corrected chi connectivity index (χ1v) is 6.30. The van der Waals surface area contributed by atoms with Crippen LogP contribution in [-0.4, -0.2) is 0 Å². The van der Waals surface area contributed by atoms with Gasteiger partial charge in [0.2, 0.25) is 0 Å². The molecule has 0 amide bonds. The highest BCUT2D eigenvalue weighted by molar-refractivity contribution is 9.11. The fourth-order valence-electron chi connectivity index (χ4n) is 3.42. The largest absolute Gasteiger partial charge is 0.0797 e. The van der Waals surface area contributed by atoms with Crippen LogP contribution in [0.25, 0.3) is 0 Å². The molecule has 15 heavy (non-hydrogen) atoms. The van der Waals surface area contributed by atoms with Crippen LogP contribution in [0, 0.1) is 11.8 Å². The molecule has 0 heterocycles. The number of hydrogen-bond acceptors (Lipinski definition) is 0. The van der Waals surface area contributed by atoms with Gasteiger partial charge in [-0.1, -0.05) is 58.4 Å². The van der Waals surface area contributed by atoms with Crippen molar-refractivity contribution in [3.8, 4) is 0 Å². The van der Waals surface area contributed by atoms with Gasteiger partial charge in [0.15, 0.2) is 0 Å². The molecule has 0 fully saturated rings. The molecule has 74 valence electrons. The van der Waals surface area contributed by atoms with Crippen LogP contribution in [-0.2, 0) is 0 Å². The number of rotatable bonds is 0. The first-order valence-electron chi connectivity index (χ1n) is 5.50. The molecule has 0 spiro atoms. The maximum Gasteiger partial charge on any atom is 0.0101 e. The second-order valence-electron chi connectivity index (χ2n) is 4.72. The van der Waals surface area contributed by atoms with Crippen LogP contribution in [0.3, 0.4) is 0 Å². The van der Waals surface area contributed by atoms with E-state index in [4.69, 9.17) is 0 Å². The summed E-state index contributed by atoms with van der Waals surface area (Å²) in [6, 6.07) is 8.93. The molecule has 4 atom stereocenters. The second-order valence-corrected chi connectivity index (χ2v) is 5.64. The Bertz CT molecular complexity index is 498. The summed E-state index contributed by atoms with van der Waals surface area (Å²) in [5, 5.41) is 0. The lowest BCUT2D eigenvalue weighted by Crippen LogP contribution is -2.39. The molecule has 0 saturated carbocycles. The highest BCUT2D eigenvalue weighted by Gasteiger charge is 2.48. The number of halogens is 1. The first-order chi connectivity index (χ1) is 7.36. The van der Waals surface area contributed by atoms with E-state index in [2.05, 4.69) is 58.4 Å². The second kappa shape index (κ2) is 2.65. The lowest BCUT2D eigenvalue weighted by Gasteiger charge is -2.50. The molecule has 0 unspecified atom stereocenters. The molecule has 4 aliphatic carbocycles. The van der Waals surface area contributed by atoms with Crippen molar-refractivity contribution in [2.45, 2.75) is 11.8 Å². The Labute approximate surface area is 97.8 Å². The fraction of sp³-hybridized carbons (Fsp3) is 0.286. The minimum absolute atomic E-state index is 0.621. The third kappa shape index (κ3) is 0.884. The van der Waals surface area contributed by atoms with Gasteiger partial charge in [-0.3, -0.25) is 0 Å². The summed E-state index contributed by atoms with van der Waals surface area (Å²) in [6.45, 7) is 0. The van der Waals surface area contributed by atoms with E-state index in [1.165, 1.54) is 4.48 Å². The van der Waals surface area contributed by atoms with Crippen molar-refractivity contribution in [2.75, 3.05) is 0 Å². The highest BCUT2D eigenvalue weighted by atomic mass is 79.9. The van der Waals surface area contributed by atoms with Gasteiger partial charge in [-0.15, -0.1) is 0 Å². The Kier molecular flexibility index (Phi) is 1.47. The predicted molar refractivity (Wildman–Crippen MR) is 65.1 cm³/mol. The zero-order valence-electron chi connectivity index (χ0n) is 8.23. The van der Waals surface area contributed by atoms with Gasteiger partial charge >= 0.3 is 0 Å². The van der Waals surface area contributed by atoms with E-state index >= 15 is 0 Å². The molecule has 1 aromatic carbocycles. The van der Waals surface area contributed by atoms with Gasteiger partial charge in [0.25, 0.3) is 0 Å². The Hall–Kier alpha value is -0.820. The molecule has 0 saturated heterocycles. The van der Waals surface area contributed by atoms with Gasteiger partial charge < -0.3 is 0 Å². The van der Waals surface area contributed by atoms with Gasteiger partial charge in [0, 0.05) is 17.8 Å². The average molecular weight is 259 g/mol. The molecule has 1 aromatic rings. The summed E-state index contributed by atoms with van der Waals surface area (Å²) in [5.74, 6) is 2.74. The van der Waals surface area contributed by atoms with Gasteiger partial charge in [-0.25, -0.2) is 0 Å². The predicted octanol–water partition coefficient (Wildman–Crippen LogP) is 3.96. The zero-order chi connectivity index (χ0) is 9.99. The summed E-state index contributed by atoms with van der Waals surface area (Å²) >= 11 is 3.68. The van der Waals surface area contributed by atoms with E-state index in [1.807, 2.05) is 0 Å². The van der Waals surface area contributed by atoms with Crippen molar-refractivity contribution in [3.63, 3.8) is 0 Å². The van der Waals surface area contributed by atoms with Crippen LogP contribution in [0.4, 0.5) is 0 Å². The SMILES string of the molecule is BrC1=C[C@H]2[C@H]1[C@@H]1C=C[C@H]2c2ccccc21. The zero-order valence-corrected chi connectivity index (χ0v) is 9.81. The monoisotopic (exact) mass is 258 g/mol. The van der Waals surface area contributed by atoms with Crippen LogP contribution in [0.1, 0.15) is 23.0 Å². The summed E-state index contributed by atoms with van der Waals surface area (Å²) in [6.07, 6.45) is 7.20. The number of benzene rings is 1. The molecule has 4 aliphatic rings. The van der Waals surface area contributed by atoms with Crippen LogP contribution in [0.2, 0.25) is 0 Å². The Balaban J connectivity index is 1.96. The molecule has 2 bridgehead atoms. The maximum atomic E-state index is 3.68. The smallest absolute Gasteiger partial charge is 0.0101 e. The van der Waals surface area contributed by atoms with E-state index in [9.17, 15) is 0 Å². The van der Waals surface area contributed by atoms with Crippen LogP contribution >= 0.6 is 15.9 Å². The molecule has 0 radical (unpaired) electrons. The third-order valence-corrected chi connectivity index (χ3v) is 4.92. The maximum absolute atomic E-state index is 3.68. The summed E-state index contributed by atoms with van der Waals surface area (Å²) in [4.78, 5) is 0. The van der Waals surface area contributed by atoms with E-state index in [0.29, 0.717) is 11.8 Å². The molecule has 1 heteroatoms. The van der Waals surface area contributed by atoms with E-state index in [-0.39, 0.29) is 0 Å². The lowest BCUT2D eigenvalue weighted by atomic mass is 9.55. The lowest BCUT2D eigenvalue weighted by molar-refractivity contribution is 0.312. The molecular weight excluding hydrogens is 248 g/mol. The molecule has 0 N–H and O–H groups in total. The number of hydrogen-bond donors (Lipinski definition) is 0. The van der Waals surface area contributed by atoms with Crippen LogP contribution in [0.5, 0.6) is 0 Å². The van der Waals surface area contributed by atoms with Crippen molar-refractivity contribution < 1.29 is 0 Å². The normalized spacial score (nSPS) is 39.1. The van der Waals surface area contributed by atoms with Crippen LogP contribution < -0.4 is 0 Å². The third-order valence-electron chi connectivity index (χ3n) is 4.13. The Morgan fingerprint density at radius 2 is 1.60 bits per heavy atom. The number of allylic oxidation sites excluding steroid dienone is 4. The topological polar surface area (TPSA) is 0 Å². The van der Waals surface area contributed by atoms with E-state index in [1.54, 1.807) is 11.1 Å². The minimum atomic E-state index is 0.621. The Morgan fingerprint density at radius 3 is 2.33 bits per heavy atom. The first kappa shape index (κ1) is 8.35. The van der Waals surface area contributed by atoms with Crippen molar-refractivity contribution >= 4 is 15.9 Å². The minimum Gasteiger partial charge on any atom is -0.0797 e. The summed E-state index contributed by atoms with van der Waals surface area (Å²) in [7, 11) is 0. The van der Waals surface area contributed by atoms with Crippen molar-refractivity contribution in [2.24, 2.45) is 11.8 Å². The molecule has 0 aromatic heterocycles. The average Bonchev–Trinajstić information content (AvgIpc) is 2.27. The van der Waals surface area contributed by atoms with Gasteiger partial charge in [0.05, 0.1) is 0 Å². The fourth-order valence-corrected chi connectivity index (χ4v) is 4.31. The molecule has 0 aliphatic heterocycles. The highest BCUT2D eigenvalue weighted by Crippen LogP contribution is 2.60. The van der Waals surface area contributed by atoms with Crippen molar-refractivity contribution in [1.29, 1.82) is 0 Å². The van der Waals surface area contributed by atoms with Gasteiger partial charge in [0.1, 0.15) is 0 Å². The summed E-state index contributed by atoms with van der Waals surface area (Å²) < 4.78 is 1.42. The standard InChI is InChI=1S/C14H11Br/c15-13-7-12-10-5-6-11(14(12)13)9-4-2-1-3-8(9)10/h1-7,10-12,14H/t10-,11+,12+,14+/m0/s1. The van der Waals surface area contributed by atoms with Crippen molar-refractivity contribution in [1.82, 2.24) is 0 Å². The summed E-state index contributed by atoms with van der Waals surface area (Å²) in [5.41, 5.74) is 3.11. The van der Waals surface area contributed by atoms with E-state index in [0.717, 1.165) is 11.8 Å². The van der Waals surface area contributed by atoms with Gasteiger partial charge in [-0.05, 0) is 21.5 Å². The Morgan fingerprint density at radius 1 is 0.933 bits per heavy atom. The molecular formula is C14H11Br. The van der Waals surface area contributed by atoms with Gasteiger partial charge in [-0.2, -0.15) is 0 Å². The van der Waals surface area contributed by atoms with Crippen LogP contribution in [0.15, 0.2) is 47.0 Å². The molecule has 0 nitrogen and oxygen atoms in total. The van der Waals surface area contributed by atoms with E-state index < -0.39 is 0 Å².